The van der Waals surface area contributed by atoms with Crippen molar-refractivity contribution in [3.63, 3.8) is 0 Å². The molecule has 2 saturated carbocycles. The fourth-order valence-electron chi connectivity index (χ4n) is 4.38. The minimum absolute atomic E-state index is 0.0191. The third-order valence-electron chi connectivity index (χ3n) is 6.10. The molecule has 0 unspecified atom stereocenters. The summed E-state index contributed by atoms with van der Waals surface area (Å²) < 4.78 is 11.0. The number of benzene rings is 1. The van der Waals surface area contributed by atoms with Crippen LogP contribution < -0.4 is 14.8 Å². The Labute approximate surface area is 187 Å². The van der Waals surface area contributed by atoms with Crippen LogP contribution in [-0.4, -0.2) is 43.0 Å². The van der Waals surface area contributed by atoms with Gasteiger partial charge in [0.1, 0.15) is 17.5 Å². The van der Waals surface area contributed by atoms with E-state index in [1.54, 1.807) is 36.5 Å². The highest BCUT2D eigenvalue weighted by Gasteiger charge is 2.42. The van der Waals surface area contributed by atoms with E-state index >= 15 is 0 Å². The molecule has 1 atom stereocenters. The number of hydrogen-bond acceptors (Lipinski definition) is 5. The number of methoxy groups -OCH3 is 2. The molecule has 31 heavy (non-hydrogen) atoms. The number of amides is 2. The number of carbonyl (C=O) groups is 2. The molecule has 2 aliphatic carbocycles. The molecule has 4 rings (SSSR count). The van der Waals surface area contributed by atoms with Crippen molar-refractivity contribution < 1.29 is 19.1 Å². The van der Waals surface area contributed by atoms with Gasteiger partial charge in [0.25, 0.3) is 0 Å². The predicted molar refractivity (Wildman–Crippen MR) is 121 cm³/mol. The lowest BCUT2D eigenvalue weighted by molar-refractivity contribution is -0.141. The van der Waals surface area contributed by atoms with Crippen LogP contribution in [0.15, 0.2) is 35.7 Å². The van der Waals surface area contributed by atoms with Crippen LogP contribution in [0.5, 0.6) is 11.5 Å². The Bertz CT molecular complexity index is 904. The minimum atomic E-state index is -0.721. The highest BCUT2D eigenvalue weighted by atomic mass is 32.1. The number of nitrogens with zero attached hydrogens (tertiary/aromatic N) is 1. The van der Waals surface area contributed by atoms with Gasteiger partial charge in [0.15, 0.2) is 0 Å². The second-order valence-corrected chi connectivity index (χ2v) is 9.32. The summed E-state index contributed by atoms with van der Waals surface area (Å²) in [6.07, 6.45) is 6.38. The van der Waals surface area contributed by atoms with Gasteiger partial charge in [0, 0.05) is 28.6 Å². The van der Waals surface area contributed by atoms with Gasteiger partial charge in [-0.25, -0.2) is 0 Å². The lowest BCUT2D eigenvalue weighted by Gasteiger charge is -2.33. The van der Waals surface area contributed by atoms with Crippen molar-refractivity contribution in [2.24, 2.45) is 0 Å². The Kier molecular flexibility index (Phi) is 6.80. The summed E-state index contributed by atoms with van der Waals surface area (Å²) in [5.74, 6) is 1.06. The van der Waals surface area contributed by atoms with Crippen LogP contribution in [0.2, 0.25) is 0 Å². The molecular formula is C24H30N2O4S. The first-order chi connectivity index (χ1) is 15.1. The molecule has 0 spiro atoms. The van der Waals surface area contributed by atoms with E-state index in [0.717, 1.165) is 43.4 Å². The summed E-state index contributed by atoms with van der Waals surface area (Å²) in [7, 11) is 3.18. The standard InChI is InChI=1S/C24H30N2O4S/c1-29-18-11-12-20(21(14-18)30-2)23(24(28)25-16-6-3-4-7-16)26(17-9-10-17)22(27)15-19-8-5-13-31-19/h5,8,11-14,16-17,23H,3-4,6-7,9-10,15H2,1-2H3,(H,25,28)/t23-/m0/s1. The van der Waals surface area contributed by atoms with Crippen molar-refractivity contribution in [3.05, 3.63) is 46.2 Å². The van der Waals surface area contributed by atoms with Crippen LogP contribution in [0.25, 0.3) is 0 Å². The van der Waals surface area contributed by atoms with Crippen molar-refractivity contribution in [2.45, 2.75) is 63.1 Å². The largest absolute Gasteiger partial charge is 0.497 e. The summed E-state index contributed by atoms with van der Waals surface area (Å²) in [5, 5.41) is 5.19. The van der Waals surface area contributed by atoms with E-state index in [-0.39, 0.29) is 23.9 Å². The Morgan fingerprint density at radius 3 is 2.52 bits per heavy atom. The monoisotopic (exact) mass is 442 g/mol. The van der Waals surface area contributed by atoms with Crippen LogP contribution in [-0.2, 0) is 16.0 Å². The van der Waals surface area contributed by atoms with Crippen LogP contribution in [0.1, 0.15) is 55.0 Å². The highest BCUT2D eigenvalue weighted by molar-refractivity contribution is 7.10. The summed E-state index contributed by atoms with van der Waals surface area (Å²) in [6.45, 7) is 0. The molecule has 0 saturated heterocycles. The molecular weight excluding hydrogens is 412 g/mol. The summed E-state index contributed by atoms with van der Waals surface area (Å²) in [6, 6.07) is 8.90. The molecule has 1 N–H and O–H groups in total. The Hall–Kier alpha value is -2.54. The van der Waals surface area contributed by atoms with Crippen LogP contribution in [0.4, 0.5) is 0 Å². The fraction of sp³-hybridized carbons (Fsp3) is 0.500. The maximum absolute atomic E-state index is 13.6. The molecule has 1 aromatic heterocycles. The van der Waals surface area contributed by atoms with Gasteiger partial charge in [0.2, 0.25) is 11.8 Å². The topological polar surface area (TPSA) is 67.9 Å². The quantitative estimate of drug-likeness (QED) is 0.635. The van der Waals surface area contributed by atoms with E-state index in [2.05, 4.69) is 5.32 Å². The van der Waals surface area contributed by atoms with Gasteiger partial charge in [-0.15, -0.1) is 11.3 Å². The molecule has 1 aromatic carbocycles. The summed E-state index contributed by atoms with van der Waals surface area (Å²) in [4.78, 5) is 29.9. The van der Waals surface area contributed by atoms with Crippen molar-refractivity contribution in [1.82, 2.24) is 10.2 Å². The molecule has 0 bridgehead atoms. The van der Waals surface area contributed by atoms with Crippen molar-refractivity contribution in [1.29, 1.82) is 0 Å². The van der Waals surface area contributed by atoms with Gasteiger partial charge >= 0.3 is 0 Å². The van der Waals surface area contributed by atoms with E-state index in [0.29, 0.717) is 23.5 Å². The van der Waals surface area contributed by atoms with Gasteiger partial charge in [-0.05, 0) is 49.3 Å². The number of hydrogen-bond donors (Lipinski definition) is 1. The van der Waals surface area contributed by atoms with Gasteiger partial charge in [0.05, 0.1) is 20.6 Å². The zero-order valence-corrected chi connectivity index (χ0v) is 19.0. The number of nitrogens with one attached hydrogen (secondary N) is 1. The molecule has 0 radical (unpaired) electrons. The minimum Gasteiger partial charge on any atom is -0.497 e. The number of ether oxygens (including phenoxy) is 2. The Balaban J connectivity index is 1.69. The highest BCUT2D eigenvalue weighted by Crippen LogP contribution is 2.40. The first-order valence-electron chi connectivity index (χ1n) is 11.0. The molecule has 2 aliphatic rings. The van der Waals surface area contributed by atoms with Gasteiger partial charge < -0.3 is 19.7 Å². The zero-order valence-electron chi connectivity index (χ0n) is 18.1. The zero-order chi connectivity index (χ0) is 21.8. The van der Waals surface area contributed by atoms with Crippen LogP contribution in [0.3, 0.4) is 0 Å². The fourth-order valence-corrected chi connectivity index (χ4v) is 5.07. The lowest BCUT2D eigenvalue weighted by atomic mass is 10.0. The van der Waals surface area contributed by atoms with Gasteiger partial charge in [-0.3, -0.25) is 9.59 Å². The van der Waals surface area contributed by atoms with Crippen molar-refractivity contribution in [3.8, 4) is 11.5 Å². The maximum atomic E-state index is 13.6. The second-order valence-electron chi connectivity index (χ2n) is 8.29. The van der Waals surface area contributed by atoms with E-state index in [1.807, 2.05) is 29.6 Å². The normalized spacial score (nSPS) is 17.2. The molecule has 6 nitrogen and oxygen atoms in total. The Morgan fingerprint density at radius 2 is 1.90 bits per heavy atom. The first kappa shape index (κ1) is 21.7. The SMILES string of the molecule is COc1ccc([C@@H](C(=O)NC2CCCC2)N(C(=O)Cc2cccs2)C2CC2)c(OC)c1. The third-order valence-corrected chi connectivity index (χ3v) is 6.97. The average Bonchev–Trinajstić information content (AvgIpc) is 3.22. The number of rotatable bonds is 9. The number of thiophene rings is 1. The van der Waals surface area contributed by atoms with E-state index in [1.165, 1.54) is 0 Å². The Morgan fingerprint density at radius 1 is 1.13 bits per heavy atom. The molecule has 2 fully saturated rings. The summed E-state index contributed by atoms with van der Waals surface area (Å²) >= 11 is 1.57. The van der Waals surface area contributed by atoms with E-state index in [9.17, 15) is 9.59 Å². The summed E-state index contributed by atoms with van der Waals surface area (Å²) in [5.41, 5.74) is 0.699. The van der Waals surface area contributed by atoms with Crippen molar-refractivity contribution in [2.75, 3.05) is 14.2 Å². The second kappa shape index (κ2) is 9.73. The molecule has 2 aromatic rings. The average molecular weight is 443 g/mol. The molecule has 1 heterocycles. The smallest absolute Gasteiger partial charge is 0.247 e. The predicted octanol–water partition coefficient (Wildman–Crippen LogP) is 4.10. The molecule has 0 aliphatic heterocycles. The first-order valence-corrected chi connectivity index (χ1v) is 11.8. The molecule has 2 amide bonds. The van der Waals surface area contributed by atoms with Crippen LogP contribution >= 0.6 is 11.3 Å². The molecule has 166 valence electrons. The van der Waals surface area contributed by atoms with E-state index < -0.39 is 6.04 Å². The maximum Gasteiger partial charge on any atom is 0.247 e. The lowest BCUT2D eigenvalue weighted by Crippen LogP contribution is -2.47. The molecule has 7 heteroatoms. The van der Waals surface area contributed by atoms with Gasteiger partial charge in [-0.2, -0.15) is 0 Å². The van der Waals surface area contributed by atoms with Crippen molar-refractivity contribution >= 4 is 23.2 Å². The van der Waals surface area contributed by atoms with E-state index in [4.69, 9.17) is 9.47 Å². The third kappa shape index (κ3) is 5.03. The van der Waals surface area contributed by atoms with Gasteiger partial charge in [-0.1, -0.05) is 18.9 Å². The number of carbonyl (C=O) groups excluding carboxylic acids is 2. The van der Waals surface area contributed by atoms with Crippen LogP contribution in [0, 0.1) is 0 Å².